The zero-order chi connectivity index (χ0) is 14.7. The molecule has 0 radical (unpaired) electrons. The Morgan fingerprint density at radius 3 is 2.38 bits per heavy atom. The molecule has 1 amide bonds. The quantitative estimate of drug-likeness (QED) is 0.797. The SMILES string of the molecule is Cn1nccc1C(=O)Nc1ccc(-c2cncnc2)cc1. The summed E-state index contributed by atoms with van der Waals surface area (Å²) in [5, 5.41) is 6.81. The number of nitrogens with zero attached hydrogens (tertiary/aromatic N) is 4. The fourth-order valence-electron chi connectivity index (χ4n) is 1.99. The number of rotatable bonds is 3. The van der Waals surface area contributed by atoms with Gasteiger partial charge in [-0.1, -0.05) is 12.1 Å². The number of carbonyl (C=O) groups is 1. The van der Waals surface area contributed by atoms with Gasteiger partial charge in [-0.2, -0.15) is 5.10 Å². The monoisotopic (exact) mass is 279 g/mol. The minimum atomic E-state index is -0.189. The van der Waals surface area contributed by atoms with Gasteiger partial charge in [-0.3, -0.25) is 9.48 Å². The highest BCUT2D eigenvalue weighted by atomic mass is 16.2. The molecule has 2 heterocycles. The number of amides is 1. The smallest absolute Gasteiger partial charge is 0.273 e. The van der Waals surface area contributed by atoms with Crippen molar-refractivity contribution in [2.45, 2.75) is 0 Å². The van der Waals surface area contributed by atoms with Gasteiger partial charge in [0.05, 0.1) is 0 Å². The fourth-order valence-corrected chi connectivity index (χ4v) is 1.99. The standard InChI is InChI=1S/C15H13N5O/c1-20-14(6-7-18-20)15(21)19-13-4-2-11(3-5-13)12-8-16-10-17-9-12/h2-10H,1H3,(H,19,21). The van der Waals surface area contributed by atoms with Crippen molar-refractivity contribution in [1.82, 2.24) is 19.7 Å². The Morgan fingerprint density at radius 2 is 1.76 bits per heavy atom. The van der Waals surface area contributed by atoms with Crippen molar-refractivity contribution in [3.05, 3.63) is 60.9 Å². The number of carbonyl (C=O) groups excluding carboxylic acids is 1. The number of anilines is 1. The topological polar surface area (TPSA) is 72.7 Å². The first-order valence-electron chi connectivity index (χ1n) is 6.39. The van der Waals surface area contributed by atoms with Gasteiger partial charge < -0.3 is 5.32 Å². The number of nitrogens with one attached hydrogen (secondary N) is 1. The van der Waals surface area contributed by atoms with E-state index in [4.69, 9.17) is 0 Å². The Labute approximate surface area is 121 Å². The van der Waals surface area contributed by atoms with E-state index in [-0.39, 0.29) is 5.91 Å². The first-order valence-corrected chi connectivity index (χ1v) is 6.39. The lowest BCUT2D eigenvalue weighted by atomic mass is 10.1. The molecule has 0 spiro atoms. The molecule has 0 saturated carbocycles. The molecule has 0 fully saturated rings. The maximum atomic E-state index is 12.1. The van der Waals surface area contributed by atoms with E-state index >= 15 is 0 Å². The Bertz CT molecular complexity index is 749. The summed E-state index contributed by atoms with van der Waals surface area (Å²) in [5.74, 6) is -0.189. The van der Waals surface area contributed by atoms with E-state index in [2.05, 4.69) is 20.4 Å². The van der Waals surface area contributed by atoms with Crippen LogP contribution in [-0.4, -0.2) is 25.7 Å². The summed E-state index contributed by atoms with van der Waals surface area (Å²) in [5.41, 5.74) is 3.16. The molecule has 2 aromatic heterocycles. The van der Waals surface area contributed by atoms with Crippen LogP contribution >= 0.6 is 0 Å². The van der Waals surface area contributed by atoms with Crippen LogP contribution in [0.15, 0.2) is 55.2 Å². The zero-order valence-electron chi connectivity index (χ0n) is 11.4. The largest absolute Gasteiger partial charge is 0.321 e. The highest BCUT2D eigenvalue weighted by Crippen LogP contribution is 2.20. The second-order valence-electron chi connectivity index (χ2n) is 4.50. The van der Waals surface area contributed by atoms with Crippen LogP contribution in [0.25, 0.3) is 11.1 Å². The molecule has 0 aliphatic rings. The lowest BCUT2D eigenvalue weighted by Gasteiger charge is -2.06. The van der Waals surface area contributed by atoms with Crippen molar-refractivity contribution >= 4 is 11.6 Å². The Balaban J connectivity index is 1.76. The third kappa shape index (κ3) is 2.79. The van der Waals surface area contributed by atoms with Gasteiger partial charge in [0.1, 0.15) is 12.0 Å². The lowest BCUT2D eigenvalue weighted by molar-refractivity contribution is 0.101. The van der Waals surface area contributed by atoms with E-state index in [0.717, 1.165) is 16.8 Å². The highest BCUT2D eigenvalue weighted by Gasteiger charge is 2.09. The predicted molar refractivity (Wildman–Crippen MR) is 78.6 cm³/mol. The minimum absolute atomic E-state index is 0.189. The molecular formula is C15H13N5O. The number of hydrogen-bond donors (Lipinski definition) is 1. The van der Waals surface area contributed by atoms with Gasteiger partial charge in [0.2, 0.25) is 0 Å². The van der Waals surface area contributed by atoms with Crippen molar-refractivity contribution in [3.63, 3.8) is 0 Å². The summed E-state index contributed by atoms with van der Waals surface area (Å²) in [4.78, 5) is 20.0. The molecule has 1 aromatic carbocycles. The van der Waals surface area contributed by atoms with Crippen LogP contribution in [0.4, 0.5) is 5.69 Å². The van der Waals surface area contributed by atoms with Crippen LogP contribution in [-0.2, 0) is 7.05 Å². The van der Waals surface area contributed by atoms with Crippen LogP contribution in [0.2, 0.25) is 0 Å². The molecule has 104 valence electrons. The average molecular weight is 279 g/mol. The van der Waals surface area contributed by atoms with Crippen LogP contribution in [0.1, 0.15) is 10.5 Å². The number of aromatic nitrogens is 4. The molecule has 0 aliphatic heterocycles. The minimum Gasteiger partial charge on any atom is -0.321 e. The van der Waals surface area contributed by atoms with E-state index in [0.29, 0.717) is 5.69 Å². The molecule has 3 aromatic rings. The maximum absolute atomic E-state index is 12.1. The summed E-state index contributed by atoms with van der Waals surface area (Å²) in [6.07, 6.45) is 6.58. The van der Waals surface area contributed by atoms with E-state index in [1.807, 2.05) is 24.3 Å². The Kier molecular flexibility index (Phi) is 3.42. The van der Waals surface area contributed by atoms with Gasteiger partial charge in [-0.15, -0.1) is 0 Å². The molecule has 0 unspecified atom stereocenters. The Hall–Kier alpha value is -3.02. The van der Waals surface area contributed by atoms with E-state index < -0.39 is 0 Å². The van der Waals surface area contributed by atoms with Crippen LogP contribution in [0, 0.1) is 0 Å². The van der Waals surface area contributed by atoms with Gasteiger partial charge in [0, 0.05) is 36.9 Å². The zero-order valence-corrected chi connectivity index (χ0v) is 11.4. The molecular weight excluding hydrogens is 266 g/mol. The number of aryl methyl sites for hydroxylation is 1. The summed E-state index contributed by atoms with van der Waals surface area (Å²) >= 11 is 0. The van der Waals surface area contributed by atoms with Gasteiger partial charge >= 0.3 is 0 Å². The summed E-state index contributed by atoms with van der Waals surface area (Å²) in [6, 6.07) is 9.19. The van der Waals surface area contributed by atoms with Gasteiger partial charge in [0.25, 0.3) is 5.91 Å². The average Bonchev–Trinajstić information content (AvgIpc) is 2.95. The molecule has 3 rings (SSSR count). The molecule has 6 nitrogen and oxygen atoms in total. The normalized spacial score (nSPS) is 10.3. The third-order valence-electron chi connectivity index (χ3n) is 3.09. The second kappa shape index (κ2) is 5.54. The number of benzene rings is 1. The number of hydrogen-bond acceptors (Lipinski definition) is 4. The molecule has 21 heavy (non-hydrogen) atoms. The van der Waals surface area contributed by atoms with E-state index in [9.17, 15) is 4.79 Å². The van der Waals surface area contributed by atoms with Gasteiger partial charge in [-0.25, -0.2) is 9.97 Å². The van der Waals surface area contributed by atoms with Crippen LogP contribution in [0.3, 0.4) is 0 Å². The molecule has 0 saturated heterocycles. The van der Waals surface area contributed by atoms with Gasteiger partial charge in [0.15, 0.2) is 0 Å². The van der Waals surface area contributed by atoms with Crippen molar-refractivity contribution < 1.29 is 4.79 Å². The summed E-state index contributed by atoms with van der Waals surface area (Å²) < 4.78 is 1.53. The molecule has 0 aliphatic carbocycles. The van der Waals surface area contributed by atoms with Gasteiger partial charge in [-0.05, 0) is 23.8 Å². The lowest BCUT2D eigenvalue weighted by Crippen LogP contribution is -2.15. The molecule has 0 atom stereocenters. The summed E-state index contributed by atoms with van der Waals surface area (Å²) in [7, 11) is 1.73. The summed E-state index contributed by atoms with van der Waals surface area (Å²) in [6.45, 7) is 0. The van der Waals surface area contributed by atoms with E-state index in [1.54, 1.807) is 31.7 Å². The van der Waals surface area contributed by atoms with Crippen LogP contribution < -0.4 is 5.32 Å². The van der Waals surface area contributed by atoms with Crippen molar-refractivity contribution in [3.8, 4) is 11.1 Å². The Morgan fingerprint density at radius 1 is 1.05 bits per heavy atom. The second-order valence-corrected chi connectivity index (χ2v) is 4.50. The van der Waals surface area contributed by atoms with Crippen LogP contribution in [0.5, 0.6) is 0 Å². The fraction of sp³-hybridized carbons (Fsp3) is 0.0667. The first kappa shape index (κ1) is 13.0. The molecule has 0 bridgehead atoms. The van der Waals surface area contributed by atoms with Crippen molar-refractivity contribution in [2.75, 3.05) is 5.32 Å². The third-order valence-corrected chi connectivity index (χ3v) is 3.09. The molecule has 6 heteroatoms. The maximum Gasteiger partial charge on any atom is 0.273 e. The highest BCUT2D eigenvalue weighted by molar-refractivity contribution is 6.03. The van der Waals surface area contributed by atoms with E-state index in [1.165, 1.54) is 11.0 Å². The predicted octanol–water partition coefficient (Wildman–Crippen LogP) is 2.13. The molecule has 1 N–H and O–H groups in total. The first-order chi connectivity index (χ1) is 10.2. The van der Waals surface area contributed by atoms with Crippen molar-refractivity contribution in [1.29, 1.82) is 0 Å². The van der Waals surface area contributed by atoms with Crippen molar-refractivity contribution in [2.24, 2.45) is 7.05 Å².